The van der Waals surface area contributed by atoms with Crippen molar-refractivity contribution in [2.75, 3.05) is 13.1 Å². The Balaban J connectivity index is 1.51. The Morgan fingerprint density at radius 3 is 2.89 bits per heavy atom. The molecule has 2 aliphatic rings. The number of nitrogens with zero attached hydrogens (tertiary/aromatic N) is 2. The van der Waals surface area contributed by atoms with Crippen LogP contribution < -0.4 is 0 Å². The van der Waals surface area contributed by atoms with Gasteiger partial charge in [0.05, 0.1) is 5.01 Å². The number of hydrogen-bond donors (Lipinski definition) is 0. The fraction of sp³-hybridized carbons (Fsp3) is 0.714. The maximum atomic E-state index is 12.1. The highest BCUT2D eigenvalue weighted by atomic mass is 32.1. The van der Waals surface area contributed by atoms with Crippen molar-refractivity contribution in [1.29, 1.82) is 0 Å². The molecule has 1 saturated heterocycles. The van der Waals surface area contributed by atoms with Gasteiger partial charge in [0, 0.05) is 30.6 Å². The Morgan fingerprint density at radius 2 is 2.16 bits per heavy atom. The van der Waals surface area contributed by atoms with E-state index in [4.69, 9.17) is 4.74 Å². The highest BCUT2D eigenvalue weighted by Crippen LogP contribution is 2.29. The lowest BCUT2D eigenvalue weighted by molar-refractivity contribution is 0.0505. The molecule has 1 unspecified atom stereocenters. The number of aromatic nitrogens is 1. The van der Waals surface area contributed by atoms with Crippen LogP contribution in [-0.2, 0) is 4.74 Å². The molecule has 19 heavy (non-hydrogen) atoms. The number of carbonyl (C=O) groups is 1. The van der Waals surface area contributed by atoms with E-state index in [1.807, 2.05) is 16.5 Å². The van der Waals surface area contributed by atoms with E-state index in [1.54, 1.807) is 11.3 Å². The number of likely N-dealkylation sites (tertiary alicyclic amines) is 1. The van der Waals surface area contributed by atoms with Crippen LogP contribution in [0.3, 0.4) is 0 Å². The third-order valence-electron chi connectivity index (χ3n) is 4.07. The van der Waals surface area contributed by atoms with Gasteiger partial charge in [-0.05, 0) is 32.1 Å². The molecule has 1 amide bonds. The van der Waals surface area contributed by atoms with Gasteiger partial charge in [0.25, 0.3) is 0 Å². The highest BCUT2D eigenvalue weighted by Gasteiger charge is 2.31. The number of amides is 1. The van der Waals surface area contributed by atoms with Crippen LogP contribution in [0.15, 0.2) is 11.6 Å². The van der Waals surface area contributed by atoms with Crippen LogP contribution in [0.5, 0.6) is 0 Å². The average Bonchev–Trinajstić information content (AvgIpc) is 3.11. The molecule has 0 aromatic carbocycles. The maximum Gasteiger partial charge on any atom is 0.410 e. The zero-order valence-corrected chi connectivity index (χ0v) is 11.9. The molecule has 104 valence electrons. The van der Waals surface area contributed by atoms with Gasteiger partial charge in [0.1, 0.15) is 6.10 Å². The first kappa shape index (κ1) is 12.9. The molecule has 0 N–H and O–H groups in total. The smallest absolute Gasteiger partial charge is 0.410 e. The van der Waals surface area contributed by atoms with Crippen LogP contribution in [0.2, 0.25) is 0 Å². The number of carbonyl (C=O) groups excluding carboxylic acids is 1. The van der Waals surface area contributed by atoms with Gasteiger partial charge in [-0.2, -0.15) is 0 Å². The van der Waals surface area contributed by atoms with Crippen molar-refractivity contribution in [3.63, 3.8) is 0 Å². The molecule has 1 saturated carbocycles. The quantitative estimate of drug-likeness (QED) is 0.834. The molecule has 0 spiro atoms. The highest BCUT2D eigenvalue weighted by molar-refractivity contribution is 7.09. The summed E-state index contributed by atoms with van der Waals surface area (Å²) in [6.45, 7) is 1.56. The van der Waals surface area contributed by atoms with Crippen molar-refractivity contribution in [3.8, 4) is 0 Å². The summed E-state index contributed by atoms with van der Waals surface area (Å²) in [5, 5.41) is 3.14. The fourth-order valence-electron chi connectivity index (χ4n) is 2.96. The summed E-state index contributed by atoms with van der Waals surface area (Å²) in [5.74, 6) is 0.402. The minimum atomic E-state index is -0.119. The second kappa shape index (κ2) is 5.90. The molecule has 1 atom stereocenters. The zero-order valence-electron chi connectivity index (χ0n) is 11.1. The van der Waals surface area contributed by atoms with Gasteiger partial charge in [0.15, 0.2) is 0 Å². The van der Waals surface area contributed by atoms with Crippen molar-refractivity contribution in [2.45, 2.75) is 50.5 Å². The van der Waals surface area contributed by atoms with E-state index in [0.29, 0.717) is 5.92 Å². The van der Waals surface area contributed by atoms with E-state index in [2.05, 4.69) is 4.98 Å². The summed E-state index contributed by atoms with van der Waals surface area (Å²) < 4.78 is 5.61. The summed E-state index contributed by atoms with van der Waals surface area (Å²) >= 11 is 1.68. The first-order chi connectivity index (χ1) is 9.33. The number of hydrogen-bond acceptors (Lipinski definition) is 4. The Morgan fingerprint density at radius 1 is 1.32 bits per heavy atom. The predicted molar refractivity (Wildman–Crippen MR) is 74.4 cm³/mol. The molecule has 0 radical (unpaired) electrons. The van der Waals surface area contributed by atoms with Crippen LogP contribution in [-0.4, -0.2) is 35.2 Å². The molecule has 4 nitrogen and oxygen atoms in total. The van der Waals surface area contributed by atoms with E-state index in [1.165, 1.54) is 19.3 Å². The monoisotopic (exact) mass is 280 g/mol. The molecule has 5 heteroatoms. The second-order valence-electron chi connectivity index (χ2n) is 5.45. The van der Waals surface area contributed by atoms with Crippen LogP contribution in [0, 0.1) is 0 Å². The van der Waals surface area contributed by atoms with Crippen LogP contribution in [0.25, 0.3) is 0 Å². The Bertz CT molecular complexity index is 415. The van der Waals surface area contributed by atoms with E-state index < -0.39 is 0 Å². The first-order valence-corrected chi connectivity index (χ1v) is 8.06. The summed E-state index contributed by atoms with van der Waals surface area (Å²) in [5.41, 5.74) is 0. The van der Waals surface area contributed by atoms with Crippen molar-refractivity contribution < 1.29 is 9.53 Å². The number of ether oxygens (including phenoxy) is 1. The summed E-state index contributed by atoms with van der Waals surface area (Å²) in [7, 11) is 0. The number of rotatable bonds is 2. The van der Waals surface area contributed by atoms with Gasteiger partial charge in [0.2, 0.25) is 0 Å². The topological polar surface area (TPSA) is 42.4 Å². The molecule has 3 rings (SSSR count). The van der Waals surface area contributed by atoms with Crippen molar-refractivity contribution >= 4 is 17.4 Å². The average molecular weight is 280 g/mol. The molecule has 1 aliphatic carbocycles. The zero-order chi connectivity index (χ0) is 13.1. The summed E-state index contributed by atoms with van der Waals surface area (Å²) in [6.07, 6.45) is 8.62. The van der Waals surface area contributed by atoms with Gasteiger partial charge in [-0.1, -0.05) is 6.42 Å². The maximum absolute atomic E-state index is 12.1. The summed E-state index contributed by atoms with van der Waals surface area (Å²) in [4.78, 5) is 18.3. The van der Waals surface area contributed by atoms with Gasteiger partial charge < -0.3 is 9.64 Å². The largest absolute Gasteiger partial charge is 0.446 e. The standard InChI is InChI=1S/C14H20N2O2S/c17-14(18-12-4-2-1-3-5-12)16-8-6-11(10-16)13-15-7-9-19-13/h7,9,11-12H,1-6,8,10H2. The molecule has 2 heterocycles. The minimum Gasteiger partial charge on any atom is -0.446 e. The van der Waals surface area contributed by atoms with Crippen LogP contribution in [0.4, 0.5) is 4.79 Å². The predicted octanol–water partition coefficient (Wildman–Crippen LogP) is 3.40. The molecule has 2 fully saturated rings. The van der Waals surface area contributed by atoms with E-state index in [9.17, 15) is 4.79 Å². The normalized spacial score (nSPS) is 24.6. The molecule has 1 aromatic rings. The van der Waals surface area contributed by atoms with Crippen LogP contribution >= 0.6 is 11.3 Å². The van der Waals surface area contributed by atoms with Crippen molar-refractivity contribution in [1.82, 2.24) is 9.88 Å². The van der Waals surface area contributed by atoms with E-state index >= 15 is 0 Å². The number of thiazole rings is 1. The van der Waals surface area contributed by atoms with Gasteiger partial charge in [-0.25, -0.2) is 9.78 Å². The fourth-order valence-corrected chi connectivity index (χ4v) is 3.73. The molecule has 1 aromatic heterocycles. The molecule has 0 bridgehead atoms. The Kier molecular flexibility index (Phi) is 4.01. The second-order valence-corrected chi connectivity index (χ2v) is 6.37. The SMILES string of the molecule is O=C(OC1CCCCC1)N1CCC(c2nccs2)C1. The van der Waals surface area contributed by atoms with Gasteiger partial charge in [-0.15, -0.1) is 11.3 Å². The van der Waals surface area contributed by atoms with Gasteiger partial charge >= 0.3 is 6.09 Å². The third kappa shape index (κ3) is 3.08. The van der Waals surface area contributed by atoms with Crippen LogP contribution in [0.1, 0.15) is 49.5 Å². The van der Waals surface area contributed by atoms with Crippen molar-refractivity contribution in [3.05, 3.63) is 16.6 Å². The minimum absolute atomic E-state index is 0.119. The summed E-state index contributed by atoms with van der Waals surface area (Å²) in [6, 6.07) is 0. The molecule has 1 aliphatic heterocycles. The van der Waals surface area contributed by atoms with Crippen molar-refractivity contribution in [2.24, 2.45) is 0 Å². The lowest BCUT2D eigenvalue weighted by Crippen LogP contribution is -2.33. The lowest BCUT2D eigenvalue weighted by Gasteiger charge is -2.25. The Labute approximate surface area is 117 Å². The molecular weight excluding hydrogens is 260 g/mol. The molecular formula is C14H20N2O2S. The van der Waals surface area contributed by atoms with Gasteiger partial charge in [-0.3, -0.25) is 0 Å². The third-order valence-corrected chi connectivity index (χ3v) is 5.00. The van der Waals surface area contributed by atoms with E-state index in [-0.39, 0.29) is 12.2 Å². The Hall–Kier alpha value is -1.10. The first-order valence-electron chi connectivity index (χ1n) is 7.18. The van der Waals surface area contributed by atoms with E-state index in [0.717, 1.165) is 37.4 Å². The lowest BCUT2D eigenvalue weighted by atomic mass is 9.98.